The zero-order valence-electron chi connectivity index (χ0n) is 12.4. The first kappa shape index (κ1) is 16.7. The van der Waals surface area contributed by atoms with Gasteiger partial charge in [0.1, 0.15) is 0 Å². The molecule has 3 nitrogen and oxygen atoms in total. The van der Waals surface area contributed by atoms with Crippen molar-refractivity contribution in [2.24, 2.45) is 5.92 Å². The Morgan fingerprint density at radius 3 is 3.05 bits per heavy atom. The van der Waals surface area contributed by atoms with Gasteiger partial charge in [0.25, 0.3) is 0 Å². The number of nitrogens with one attached hydrogen (secondary N) is 2. The largest absolute Gasteiger partial charge is 0.355 e. The second kappa shape index (κ2) is 8.66. The predicted molar refractivity (Wildman–Crippen MR) is 90.0 cm³/mol. The van der Waals surface area contributed by atoms with Crippen LogP contribution in [0.15, 0.2) is 29.2 Å². The molecule has 0 aromatic heterocycles. The molecule has 1 aromatic rings. The first-order valence-electron chi connectivity index (χ1n) is 7.56. The summed E-state index contributed by atoms with van der Waals surface area (Å²) in [6.07, 6.45) is 3.58. The van der Waals surface area contributed by atoms with Crippen LogP contribution in [0.5, 0.6) is 0 Å². The van der Waals surface area contributed by atoms with E-state index in [1.165, 1.54) is 24.6 Å². The van der Waals surface area contributed by atoms with Crippen LogP contribution in [-0.4, -0.2) is 30.8 Å². The number of carbonyl (C=O) groups excluding carboxylic acids is 1. The lowest BCUT2D eigenvalue weighted by Gasteiger charge is -2.23. The van der Waals surface area contributed by atoms with Gasteiger partial charge in [-0.2, -0.15) is 0 Å². The molecule has 2 atom stereocenters. The fourth-order valence-corrected chi connectivity index (χ4v) is 3.68. The van der Waals surface area contributed by atoms with Crippen molar-refractivity contribution in [3.05, 3.63) is 29.3 Å². The van der Waals surface area contributed by atoms with Gasteiger partial charge in [-0.1, -0.05) is 23.7 Å². The number of hydrogen-bond acceptors (Lipinski definition) is 3. The summed E-state index contributed by atoms with van der Waals surface area (Å²) in [4.78, 5) is 13.1. The fourth-order valence-electron chi connectivity index (χ4n) is 2.50. The van der Waals surface area contributed by atoms with Gasteiger partial charge in [0, 0.05) is 11.4 Å². The Labute approximate surface area is 136 Å². The van der Waals surface area contributed by atoms with Crippen molar-refractivity contribution in [3.63, 3.8) is 0 Å². The SMILES string of the molecule is CC(Sc1ccccc1Cl)C(=O)NCCC1CCCNC1. The number of halogens is 1. The lowest BCUT2D eigenvalue weighted by molar-refractivity contribution is -0.120. The van der Waals surface area contributed by atoms with Gasteiger partial charge < -0.3 is 10.6 Å². The van der Waals surface area contributed by atoms with Crippen molar-refractivity contribution in [1.29, 1.82) is 0 Å². The zero-order valence-corrected chi connectivity index (χ0v) is 14.0. The molecule has 0 aliphatic carbocycles. The summed E-state index contributed by atoms with van der Waals surface area (Å²) in [7, 11) is 0. The molecule has 5 heteroatoms. The van der Waals surface area contributed by atoms with Gasteiger partial charge >= 0.3 is 0 Å². The minimum absolute atomic E-state index is 0.0867. The van der Waals surface area contributed by atoms with Crippen molar-refractivity contribution in [1.82, 2.24) is 10.6 Å². The predicted octanol–water partition coefficient (Wildman–Crippen LogP) is 3.33. The van der Waals surface area contributed by atoms with Crippen LogP contribution >= 0.6 is 23.4 Å². The molecular weight excluding hydrogens is 304 g/mol. The van der Waals surface area contributed by atoms with E-state index in [4.69, 9.17) is 11.6 Å². The molecule has 0 bridgehead atoms. The molecule has 0 saturated carbocycles. The highest BCUT2D eigenvalue weighted by Gasteiger charge is 2.17. The van der Waals surface area contributed by atoms with E-state index in [1.807, 2.05) is 31.2 Å². The average molecular weight is 327 g/mol. The Morgan fingerprint density at radius 2 is 2.33 bits per heavy atom. The van der Waals surface area contributed by atoms with Crippen LogP contribution in [0.3, 0.4) is 0 Å². The Bertz CT molecular complexity index is 463. The molecular formula is C16H23ClN2OS. The van der Waals surface area contributed by atoms with E-state index in [-0.39, 0.29) is 11.2 Å². The van der Waals surface area contributed by atoms with E-state index in [0.29, 0.717) is 10.9 Å². The standard InChI is InChI=1S/C16H23ClN2OS/c1-12(21-15-7-3-2-6-14(15)17)16(20)19-10-8-13-5-4-9-18-11-13/h2-3,6-7,12-13,18H,4-5,8-11H2,1H3,(H,19,20). The molecule has 1 amide bonds. The average Bonchev–Trinajstić information content (AvgIpc) is 2.50. The van der Waals surface area contributed by atoms with Gasteiger partial charge in [0.2, 0.25) is 5.91 Å². The molecule has 1 aliphatic heterocycles. The molecule has 2 rings (SSSR count). The number of benzene rings is 1. The summed E-state index contributed by atoms with van der Waals surface area (Å²) in [5.41, 5.74) is 0. The number of rotatable bonds is 6. The molecule has 0 radical (unpaired) electrons. The van der Waals surface area contributed by atoms with E-state index in [1.54, 1.807) is 0 Å². The van der Waals surface area contributed by atoms with Crippen molar-refractivity contribution >= 4 is 29.3 Å². The summed E-state index contributed by atoms with van der Waals surface area (Å²) in [6, 6.07) is 7.64. The highest BCUT2D eigenvalue weighted by atomic mass is 35.5. The molecule has 1 heterocycles. The van der Waals surface area contributed by atoms with Crippen molar-refractivity contribution in [2.45, 2.75) is 36.3 Å². The summed E-state index contributed by atoms with van der Waals surface area (Å²) >= 11 is 7.63. The fraction of sp³-hybridized carbons (Fsp3) is 0.562. The molecule has 2 N–H and O–H groups in total. The van der Waals surface area contributed by atoms with E-state index in [9.17, 15) is 4.79 Å². The maximum Gasteiger partial charge on any atom is 0.233 e. The van der Waals surface area contributed by atoms with E-state index in [2.05, 4.69) is 10.6 Å². The third kappa shape index (κ3) is 5.53. The highest BCUT2D eigenvalue weighted by Crippen LogP contribution is 2.29. The number of amides is 1. The maximum atomic E-state index is 12.1. The first-order chi connectivity index (χ1) is 10.2. The number of thioether (sulfide) groups is 1. The highest BCUT2D eigenvalue weighted by molar-refractivity contribution is 8.00. The van der Waals surface area contributed by atoms with E-state index < -0.39 is 0 Å². The smallest absolute Gasteiger partial charge is 0.233 e. The van der Waals surface area contributed by atoms with Crippen LogP contribution < -0.4 is 10.6 Å². The van der Waals surface area contributed by atoms with Gasteiger partial charge in [0.15, 0.2) is 0 Å². The molecule has 0 spiro atoms. The van der Waals surface area contributed by atoms with Crippen molar-refractivity contribution in [3.8, 4) is 0 Å². The summed E-state index contributed by atoms with van der Waals surface area (Å²) < 4.78 is 0. The minimum atomic E-state index is -0.130. The van der Waals surface area contributed by atoms with Crippen LogP contribution in [0.1, 0.15) is 26.2 Å². The Balaban J connectivity index is 1.71. The molecule has 1 saturated heterocycles. The first-order valence-corrected chi connectivity index (χ1v) is 8.82. The van der Waals surface area contributed by atoms with E-state index >= 15 is 0 Å². The van der Waals surface area contributed by atoms with Crippen LogP contribution in [0, 0.1) is 5.92 Å². The summed E-state index contributed by atoms with van der Waals surface area (Å²) in [5, 5.41) is 7.02. The van der Waals surface area contributed by atoms with Crippen LogP contribution in [0.25, 0.3) is 0 Å². The second-order valence-corrected chi connectivity index (χ2v) is 7.27. The normalized spacial score (nSPS) is 20.0. The quantitative estimate of drug-likeness (QED) is 0.788. The Kier molecular flexibility index (Phi) is 6.87. The third-order valence-electron chi connectivity index (χ3n) is 3.76. The molecule has 1 aromatic carbocycles. The van der Waals surface area contributed by atoms with Crippen LogP contribution in [-0.2, 0) is 4.79 Å². The zero-order chi connectivity index (χ0) is 15.1. The van der Waals surface area contributed by atoms with Gasteiger partial charge in [-0.25, -0.2) is 0 Å². The molecule has 21 heavy (non-hydrogen) atoms. The lowest BCUT2D eigenvalue weighted by atomic mass is 9.96. The van der Waals surface area contributed by atoms with Gasteiger partial charge in [-0.3, -0.25) is 4.79 Å². The van der Waals surface area contributed by atoms with Gasteiger partial charge in [0.05, 0.1) is 10.3 Å². The third-order valence-corrected chi connectivity index (χ3v) is 5.38. The van der Waals surface area contributed by atoms with Crippen molar-refractivity contribution < 1.29 is 4.79 Å². The summed E-state index contributed by atoms with van der Waals surface area (Å²) in [5.74, 6) is 0.786. The van der Waals surface area contributed by atoms with Gasteiger partial charge in [-0.15, -0.1) is 11.8 Å². The topological polar surface area (TPSA) is 41.1 Å². The summed E-state index contributed by atoms with van der Waals surface area (Å²) in [6.45, 7) is 4.90. The van der Waals surface area contributed by atoms with E-state index in [0.717, 1.165) is 31.0 Å². The molecule has 1 fully saturated rings. The molecule has 2 unspecified atom stereocenters. The maximum absolute atomic E-state index is 12.1. The second-order valence-electron chi connectivity index (χ2n) is 5.48. The Hall–Kier alpha value is -0.710. The molecule has 1 aliphatic rings. The van der Waals surface area contributed by atoms with Gasteiger partial charge in [-0.05, 0) is 57.3 Å². The van der Waals surface area contributed by atoms with Crippen molar-refractivity contribution in [2.75, 3.05) is 19.6 Å². The minimum Gasteiger partial charge on any atom is -0.355 e. The Morgan fingerprint density at radius 1 is 1.52 bits per heavy atom. The number of piperidine rings is 1. The van der Waals surface area contributed by atoms with Crippen LogP contribution in [0.4, 0.5) is 0 Å². The lowest BCUT2D eigenvalue weighted by Crippen LogP contribution is -2.35. The number of carbonyl (C=O) groups is 1. The number of hydrogen-bond donors (Lipinski definition) is 2. The van der Waals surface area contributed by atoms with Crippen LogP contribution in [0.2, 0.25) is 5.02 Å². The monoisotopic (exact) mass is 326 g/mol. The molecule has 116 valence electrons.